The largest absolute Gasteiger partial charge is 0.445 e. The summed E-state index contributed by atoms with van der Waals surface area (Å²) in [6.45, 7) is 4.26. The summed E-state index contributed by atoms with van der Waals surface area (Å²) >= 11 is 0. The zero-order valence-electron chi connectivity index (χ0n) is 16.1. The van der Waals surface area contributed by atoms with Gasteiger partial charge in [0, 0.05) is 6.54 Å². The number of rotatable bonds is 6. The van der Waals surface area contributed by atoms with Crippen molar-refractivity contribution in [3.63, 3.8) is 0 Å². The lowest BCUT2D eigenvalue weighted by Crippen LogP contribution is -2.51. The normalized spacial score (nSPS) is 24.3. The second kappa shape index (κ2) is 9.05. The van der Waals surface area contributed by atoms with E-state index in [1.165, 1.54) is 4.90 Å². The fourth-order valence-electron chi connectivity index (χ4n) is 3.38. The molecule has 2 aliphatic heterocycles. The average molecular weight is 390 g/mol. The molecule has 28 heavy (non-hydrogen) atoms. The summed E-state index contributed by atoms with van der Waals surface area (Å²) in [5.41, 5.74) is 0.881. The van der Waals surface area contributed by atoms with Crippen LogP contribution in [0.15, 0.2) is 30.3 Å². The third-order valence-corrected chi connectivity index (χ3v) is 4.69. The molecule has 1 unspecified atom stereocenters. The number of carbonyl (C=O) groups excluding carboxylic acids is 3. The fraction of sp³-hybridized carbons (Fsp3) is 0.550. The smallest absolute Gasteiger partial charge is 0.410 e. The first-order valence-electron chi connectivity index (χ1n) is 9.56. The van der Waals surface area contributed by atoms with Gasteiger partial charge in [0.1, 0.15) is 18.7 Å². The van der Waals surface area contributed by atoms with Crippen molar-refractivity contribution in [1.29, 1.82) is 0 Å². The van der Waals surface area contributed by atoms with E-state index in [-0.39, 0.29) is 25.0 Å². The molecule has 2 fully saturated rings. The van der Waals surface area contributed by atoms with E-state index < -0.39 is 30.4 Å². The first-order valence-corrected chi connectivity index (χ1v) is 9.56. The summed E-state index contributed by atoms with van der Waals surface area (Å²) < 4.78 is 16.0. The maximum absolute atomic E-state index is 12.7. The highest BCUT2D eigenvalue weighted by atomic mass is 16.7. The molecule has 0 aromatic heterocycles. The lowest BCUT2D eigenvalue weighted by molar-refractivity contribution is -0.173. The Morgan fingerprint density at radius 1 is 1.29 bits per heavy atom. The van der Waals surface area contributed by atoms with Crippen LogP contribution >= 0.6 is 0 Å². The minimum atomic E-state index is -0.809. The number of cyclic esters (lactones) is 1. The highest BCUT2D eigenvalue weighted by Gasteiger charge is 2.41. The Balaban J connectivity index is 1.56. The zero-order valence-corrected chi connectivity index (χ0v) is 16.1. The highest BCUT2D eigenvalue weighted by molar-refractivity contribution is 5.87. The van der Waals surface area contributed by atoms with Crippen molar-refractivity contribution < 1.29 is 28.6 Å². The van der Waals surface area contributed by atoms with Crippen LogP contribution in [-0.2, 0) is 30.4 Å². The molecule has 0 spiro atoms. The van der Waals surface area contributed by atoms with Gasteiger partial charge in [-0.05, 0) is 32.3 Å². The third kappa shape index (κ3) is 5.01. The van der Waals surface area contributed by atoms with Gasteiger partial charge in [-0.1, -0.05) is 30.3 Å². The second-order valence-electron chi connectivity index (χ2n) is 7.25. The SMILES string of the molecule is CC(C)OC1OC(=O)C[C@@H]1NC(=O)[C@H]1CCCN1C(=O)OCc1ccccc1. The Morgan fingerprint density at radius 2 is 2.04 bits per heavy atom. The first kappa shape index (κ1) is 20.1. The number of ether oxygens (including phenoxy) is 3. The van der Waals surface area contributed by atoms with Gasteiger partial charge in [-0.3, -0.25) is 14.5 Å². The second-order valence-corrected chi connectivity index (χ2v) is 7.25. The topological polar surface area (TPSA) is 94.2 Å². The Labute approximate surface area is 164 Å². The molecular weight excluding hydrogens is 364 g/mol. The molecule has 0 bridgehead atoms. The number of likely N-dealkylation sites (tertiary alicyclic amines) is 1. The molecule has 8 heteroatoms. The molecular formula is C20H26N2O6. The summed E-state index contributed by atoms with van der Waals surface area (Å²) in [5, 5.41) is 2.81. The van der Waals surface area contributed by atoms with Crippen molar-refractivity contribution in [2.45, 2.75) is 64.2 Å². The minimum Gasteiger partial charge on any atom is -0.445 e. The molecule has 1 N–H and O–H groups in total. The maximum Gasteiger partial charge on any atom is 0.410 e. The summed E-state index contributed by atoms with van der Waals surface area (Å²) in [6, 6.07) is 8.18. The van der Waals surface area contributed by atoms with E-state index in [9.17, 15) is 14.4 Å². The van der Waals surface area contributed by atoms with E-state index in [1.54, 1.807) is 0 Å². The average Bonchev–Trinajstić information content (AvgIpc) is 3.27. The Kier molecular flexibility index (Phi) is 6.51. The van der Waals surface area contributed by atoms with Gasteiger partial charge in [0.25, 0.3) is 0 Å². The van der Waals surface area contributed by atoms with Crippen LogP contribution in [0.5, 0.6) is 0 Å². The van der Waals surface area contributed by atoms with E-state index in [0.29, 0.717) is 19.4 Å². The number of benzene rings is 1. The van der Waals surface area contributed by atoms with E-state index in [4.69, 9.17) is 14.2 Å². The maximum atomic E-state index is 12.7. The molecule has 2 amide bonds. The number of nitrogens with one attached hydrogen (secondary N) is 1. The van der Waals surface area contributed by atoms with Gasteiger partial charge in [-0.25, -0.2) is 4.79 Å². The number of nitrogens with zero attached hydrogens (tertiary/aromatic N) is 1. The molecule has 2 heterocycles. The van der Waals surface area contributed by atoms with Crippen LogP contribution in [-0.4, -0.2) is 53.9 Å². The molecule has 1 aromatic carbocycles. The molecule has 1 aromatic rings. The molecule has 152 valence electrons. The van der Waals surface area contributed by atoms with Gasteiger partial charge >= 0.3 is 12.1 Å². The van der Waals surface area contributed by atoms with Crippen LogP contribution in [0.2, 0.25) is 0 Å². The summed E-state index contributed by atoms with van der Waals surface area (Å²) in [4.78, 5) is 38.2. The number of hydrogen-bond acceptors (Lipinski definition) is 6. The van der Waals surface area contributed by atoms with Gasteiger partial charge in [-0.2, -0.15) is 0 Å². The van der Waals surface area contributed by atoms with E-state index in [2.05, 4.69) is 5.32 Å². The number of esters is 1. The van der Waals surface area contributed by atoms with Gasteiger partial charge in [0.2, 0.25) is 12.2 Å². The first-order chi connectivity index (χ1) is 13.4. The fourth-order valence-corrected chi connectivity index (χ4v) is 3.38. The van der Waals surface area contributed by atoms with Gasteiger partial charge < -0.3 is 19.5 Å². The van der Waals surface area contributed by atoms with Crippen LogP contribution < -0.4 is 5.32 Å². The van der Waals surface area contributed by atoms with Crippen LogP contribution in [0.4, 0.5) is 4.79 Å². The lowest BCUT2D eigenvalue weighted by Gasteiger charge is -2.26. The molecule has 0 radical (unpaired) electrons. The predicted octanol–water partition coefficient (Wildman–Crippen LogP) is 1.97. The summed E-state index contributed by atoms with van der Waals surface area (Å²) in [5.74, 6) is -0.740. The van der Waals surface area contributed by atoms with Crippen molar-refractivity contribution in [1.82, 2.24) is 10.2 Å². The molecule has 2 aliphatic rings. The Hall–Kier alpha value is -2.61. The van der Waals surface area contributed by atoms with E-state index >= 15 is 0 Å². The molecule has 3 rings (SSSR count). The van der Waals surface area contributed by atoms with E-state index in [0.717, 1.165) is 5.56 Å². The minimum absolute atomic E-state index is 0.0499. The van der Waals surface area contributed by atoms with Crippen LogP contribution in [0.1, 0.15) is 38.7 Å². The number of carbonyl (C=O) groups is 3. The third-order valence-electron chi connectivity index (χ3n) is 4.69. The molecule has 8 nitrogen and oxygen atoms in total. The molecule has 2 saturated heterocycles. The van der Waals surface area contributed by atoms with Crippen molar-refractivity contribution in [2.75, 3.05) is 6.54 Å². The van der Waals surface area contributed by atoms with Crippen molar-refractivity contribution >= 4 is 18.0 Å². The quantitative estimate of drug-likeness (QED) is 0.747. The molecule has 0 aliphatic carbocycles. The Bertz CT molecular complexity index is 708. The standard InChI is InChI=1S/C20H26N2O6/c1-13(2)27-19-15(11-17(23)28-19)21-18(24)16-9-6-10-22(16)20(25)26-12-14-7-4-3-5-8-14/h3-5,7-8,13,15-16,19H,6,9-12H2,1-2H3,(H,21,24)/t15-,16+,19?/m0/s1. The summed E-state index contributed by atoms with van der Waals surface area (Å²) in [6.07, 6.45) is -0.166. The Morgan fingerprint density at radius 3 is 2.75 bits per heavy atom. The van der Waals surface area contributed by atoms with Gasteiger partial charge in [-0.15, -0.1) is 0 Å². The van der Waals surface area contributed by atoms with Crippen molar-refractivity contribution in [2.24, 2.45) is 0 Å². The summed E-state index contributed by atoms with van der Waals surface area (Å²) in [7, 11) is 0. The van der Waals surface area contributed by atoms with Crippen LogP contribution in [0, 0.1) is 0 Å². The number of hydrogen-bond donors (Lipinski definition) is 1. The van der Waals surface area contributed by atoms with Crippen LogP contribution in [0.3, 0.4) is 0 Å². The molecule has 0 saturated carbocycles. The van der Waals surface area contributed by atoms with E-state index in [1.807, 2.05) is 44.2 Å². The van der Waals surface area contributed by atoms with Crippen molar-refractivity contribution in [3.8, 4) is 0 Å². The number of amides is 2. The van der Waals surface area contributed by atoms with Gasteiger partial charge in [0.05, 0.1) is 12.5 Å². The molecule has 3 atom stereocenters. The lowest BCUT2D eigenvalue weighted by atomic mass is 10.1. The monoisotopic (exact) mass is 390 g/mol. The van der Waals surface area contributed by atoms with Crippen LogP contribution in [0.25, 0.3) is 0 Å². The van der Waals surface area contributed by atoms with Crippen molar-refractivity contribution in [3.05, 3.63) is 35.9 Å². The zero-order chi connectivity index (χ0) is 20.1. The predicted molar refractivity (Wildman–Crippen MR) is 99.0 cm³/mol. The van der Waals surface area contributed by atoms with Gasteiger partial charge in [0.15, 0.2) is 0 Å². The highest BCUT2D eigenvalue weighted by Crippen LogP contribution is 2.22.